The molecular weight excluding hydrogens is 373 g/mol. The van der Waals surface area contributed by atoms with Crippen molar-refractivity contribution in [2.45, 2.75) is 25.2 Å². The van der Waals surface area contributed by atoms with E-state index >= 15 is 0 Å². The van der Waals surface area contributed by atoms with Gasteiger partial charge < -0.3 is 9.30 Å². The van der Waals surface area contributed by atoms with E-state index in [1.807, 2.05) is 18.2 Å². The Hall–Kier alpha value is -2.98. The van der Waals surface area contributed by atoms with Crippen LogP contribution in [0, 0.1) is 5.82 Å². The Labute approximate surface area is 176 Å². The van der Waals surface area contributed by atoms with Crippen molar-refractivity contribution < 1.29 is 4.39 Å². The summed E-state index contributed by atoms with van der Waals surface area (Å²) in [6.07, 6.45) is 5.44. The van der Waals surface area contributed by atoms with Gasteiger partial charge in [-0.3, -0.25) is 0 Å². The van der Waals surface area contributed by atoms with Gasteiger partial charge in [-0.2, -0.15) is 0 Å². The predicted octanol–water partition coefficient (Wildman–Crippen LogP) is 5.56. The number of aromatic nitrogens is 2. The molecule has 1 saturated heterocycles. The predicted molar refractivity (Wildman–Crippen MR) is 119 cm³/mol. The molecule has 2 aromatic heterocycles. The lowest BCUT2D eigenvalue weighted by Gasteiger charge is -2.31. The molecule has 1 fully saturated rings. The molecule has 3 nitrogen and oxygen atoms in total. The number of hydrogen-bond donors (Lipinski definition) is 0. The average Bonchev–Trinajstić information content (AvgIpc) is 3.19. The molecule has 1 aliphatic rings. The van der Waals surface area contributed by atoms with Crippen molar-refractivity contribution in [3.63, 3.8) is 0 Å². The largest absolute Gasteiger partial charge is 0.303 e. The molecule has 3 heterocycles. The van der Waals surface area contributed by atoms with Crippen molar-refractivity contribution in [3.05, 3.63) is 96.2 Å². The summed E-state index contributed by atoms with van der Waals surface area (Å²) in [6, 6.07) is 23.6. The van der Waals surface area contributed by atoms with Crippen LogP contribution < -0.4 is 0 Å². The van der Waals surface area contributed by atoms with Gasteiger partial charge in [0.05, 0.1) is 11.2 Å². The number of halogens is 1. The fraction of sp³-hybridized carbons (Fsp3) is 0.269. The molecule has 2 aromatic carbocycles. The molecule has 5 rings (SSSR count). The van der Waals surface area contributed by atoms with E-state index in [4.69, 9.17) is 4.98 Å². The maximum Gasteiger partial charge on any atom is 0.123 e. The molecular formula is C26H26FN3. The zero-order valence-electron chi connectivity index (χ0n) is 17.0. The molecule has 1 aliphatic heterocycles. The molecule has 0 saturated carbocycles. The van der Waals surface area contributed by atoms with E-state index < -0.39 is 0 Å². The lowest BCUT2D eigenvalue weighted by atomic mass is 9.95. The first-order valence-corrected chi connectivity index (χ1v) is 10.8. The highest BCUT2D eigenvalue weighted by Gasteiger charge is 2.25. The summed E-state index contributed by atoms with van der Waals surface area (Å²) >= 11 is 0. The van der Waals surface area contributed by atoms with Gasteiger partial charge in [-0.05, 0) is 74.3 Å². The van der Waals surface area contributed by atoms with Crippen LogP contribution >= 0.6 is 0 Å². The van der Waals surface area contributed by atoms with Gasteiger partial charge in [0.25, 0.3) is 0 Å². The topological polar surface area (TPSA) is 20.5 Å². The molecule has 4 aromatic rings. The number of fused-ring (bicyclic) bond motifs is 1. The highest BCUT2D eigenvalue weighted by Crippen LogP contribution is 2.32. The van der Waals surface area contributed by atoms with E-state index in [0.29, 0.717) is 5.92 Å². The Morgan fingerprint density at radius 1 is 0.867 bits per heavy atom. The third kappa shape index (κ3) is 3.88. The minimum absolute atomic E-state index is 0.217. The molecule has 0 bridgehead atoms. The van der Waals surface area contributed by atoms with E-state index in [1.54, 1.807) is 0 Å². The number of nitrogens with zero attached hydrogens (tertiary/aromatic N) is 3. The van der Waals surface area contributed by atoms with Crippen LogP contribution in [0.1, 0.15) is 30.1 Å². The Kier molecular flexibility index (Phi) is 5.33. The van der Waals surface area contributed by atoms with E-state index in [9.17, 15) is 4.39 Å². The van der Waals surface area contributed by atoms with Crippen molar-refractivity contribution >= 4 is 5.52 Å². The quantitative estimate of drug-likeness (QED) is 0.438. The van der Waals surface area contributed by atoms with Gasteiger partial charge in [0, 0.05) is 24.2 Å². The lowest BCUT2D eigenvalue weighted by Crippen LogP contribution is -2.34. The second kappa shape index (κ2) is 8.41. The van der Waals surface area contributed by atoms with Crippen molar-refractivity contribution in [1.82, 2.24) is 14.3 Å². The van der Waals surface area contributed by atoms with Gasteiger partial charge in [0.1, 0.15) is 11.6 Å². The second-order valence-corrected chi connectivity index (χ2v) is 8.13. The summed E-state index contributed by atoms with van der Waals surface area (Å²) in [6.45, 7) is 3.32. The molecule has 0 N–H and O–H groups in total. The maximum absolute atomic E-state index is 13.4. The number of likely N-dealkylation sites (tertiary alicyclic amines) is 1. The molecule has 152 valence electrons. The van der Waals surface area contributed by atoms with Crippen molar-refractivity contribution in [2.24, 2.45) is 0 Å². The first kappa shape index (κ1) is 19.0. The molecule has 0 amide bonds. The fourth-order valence-corrected chi connectivity index (χ4v) is 4.52. The van der Waals surface area contributed by atoms with Crippen LogP contribution in [0.15, 0.2) is 79.0 Å². The normalized spacial score (nSPS) is 15.6. The van der Waals surface area contributed by atoms with Gasteiger partial charge in [0.15, 0.2) is 0 Å². The minimum atomic E-state index is -0.217. The van der Waals surface area contributed by atoms with Crippen LogP contribution in [0.2, 0.25) is 0 Å². The standard InChI is InChI=1S/C26H26FN3/c27-23-11-9-21(10-12-23)25-24-8-4-5-16-30(24)26(28-25)22-14-18-29(19-15-22)17-13-20-6-2-1-3-7-20/h1-12,16,22H,13-15,17-19H2. The Balaban J connectivity index is 1.33. The smallest absolute Gasteiger partial charge is 0.123 e. The number of rotatable bonds is 5. The third-order valence-electron chi connectivity index (χ3n) is 6.21. The van der Waals surface area contributed by atoms with Crippen LogP contribution in [0.3, 0.4) is 0 Å². The molecule has 30 heavy (non-hydrogen) atoms. The second-order valence-electron chi connectivity index (χ2n) is 8.13. The van der Waals surface area contributed by atoms with Crippen LogP contribution in [-0.4, -0.2) is 33.9 Å². The van der Waals surface area contributed by atoms with Crippen LogP contribution in [-0.2, 0) is 6.42 Å². The average molecular weight is 400 g/mol. The first-order valence-electron chi connectivity index (χ1n) is 10.8. The van der Waals surface area contributed by atoms with E-state index in [1.165, 1.54) is 17.7 Å². The maximum atomic E-state index is 13.4. The Bertz CT molecular complexity index is 1110. The summed E-state index contributed by atoms with van der Waals surface area (Å²) in [4.78, 5) is 7.62. The minimum Gasteiger partial charge on any atom is -0.303 e. The van der Waals surface area contributed by atoms with Crippen molar-refractivity contribution in [2.75, 3.05) is 19.6 Å². The highest BCUT2D eigenvalue weighted by atomic mass is 19.1. The molecule has 0 aliphatic carbocycles. The summed E-state index contributed by atoms with van der Waals surface area (Å²) in [5.74, 6) is 1.36. The van der Waals surface area contributed by atoms with Crippen LogP contribution in [0.4, 0.5) is 4.39 Å². The van der Waals surface area contributed by atoms with Gasteiger partial charge in [-0.15, -0.1) is 0 Å². The summed E-state index contributed by atoms with van der Waals surface area (Å²) in [5, 5.41) is 0. The summed E-state index contributed by atoms with van der Waals surface area (Å²) < 4.78 is 15.6. The third-order valence-corrected chi connectivity index (χ3v) is 6.21. The summed E-state index contributed by atoms with van der Waals surface area (Å²) in [5.41, 5.74) is 4.40. The number of benzene rings is 2. The zero-order valence-corrected chi connectivity index (χ0v) is 17.0. The SMILES string of the molecule is Fc1ccc(-c2nc(C3CCN(CCc4ccccc4)CC3)n3ccccc23)cc1. The van der Waals surface area contributed by atoms with E-state index in [0.717, 1.165) is 61.5 Å². The van der Waals surface area contributed by atoms with Gasteiger partial charge in [-0.25, -0.2) is 9.37 Å². The van der Waals surface area contributed by atoms with Crippen molar-refractivity contribution in [1.29, 1.82) is 0 Å². The van der Waals surface area contributed by atoms with E-state index in [-0.39, 0.29) is 5.82 Å². The Morgan fingerprint density at radius 3 is 2.37 bits per heavy atom. The monoisotopic (exact) mass is 399 g/mol. The van der Waals surface area contributed by atoms with Gasteiger partial charge >= 0.3 is 0 Å². The van der Waals surface area contributed by atoms with Gasteiger partial charge in [-0.1, -0.05) is 36.4 Å². The molecule has 0 radical (unpaired) electrons. The van der Waals surface area contributed by atoms with E-state index in [2.05, 4.69) is 58.0 Å². The molecule has 4 heteroatoms. The van der Waals surface area contributed by atoms with Crippen LogP contribution in [0.5, 0.6) is 0 Å². The molecule has 0 atom stereocenters. The fourth-order valence-electron chi connectivity index (χ4n) is 4.52. The number of pyridine rings is 1. The zero-order chi connectivity index (χ0) is 20.3. The van der Waals surface area contributed by atoms with Crippen molar-refractivity contribution in [3.8, 4) is 11.3 Å². The van der Waals surface area contributed by atoms with Gasteiger partial charge in [0.2, 0.25) is 0 Å². The number of hydrogen-bond acceptors (Lipinski definition) is 2. The summed E-state index contributed by atoms with van der Waals surface area (Å²) in [7, 11) is 0. The first-order chi connectivity index (χ1) is 14.8. The molecule has 0 spiro atoms. The number of piperidine rings is 1. The Morgan fingerprint density at radius 2 is 1.60 bits per heavy atom. The lowest BCUT2D eigenvalue weighted by molar-refractivity contribution is 0.211. The highest BCUT2D eigenvalue weighted by molar-refractivity contribution is 5.77. The number of imidazole rings is 1. The van der Waals surface area contributed by atoms with Crippen LogP contribution in [0.25, 0.3) is 16.8 Å². The molecule has 0 unspecified atom stereocenters.